The van der Waals surface area contributed by atoms with Gasteiger partial charge >= 0.3 is 0 Å². The molecule has 3 unspecified atom stereocenters. The summed E-state index contributed by atoms with van der Waals surface area (Å²) < 4.78 is 0. The number of hydrogen-bond donors (Lipinski definition) is 1. The first kappa shape index (κ1) is 14.5. The minimum atomic E-state index is -0.207. The molecule has 2 aliphatic heterocycles. The predicted molar refractivity (Wildman–Crippen MR) is 84.0 cm³/mol. The molecule has 1 amide bonds. The lowest BCUT2D eigenvalue weighted by molar-refractivity contribution is -0.138. The monoisotopic (exact) mass is 287 g/mol. The predicted octanol–water partition coefficient (Wildman–Crippen LogP) is 1.42. The third-order valence-electron chi connectivity index (χ3n) is 4.96. The van der Waals surface area contributed by atoms with Crippen LogP contribution in [0.15, 0.2) is 30.3 Å². The fourth-order valence-corrected chi connectivity index (χ4v) is 3.76. The van der Waals surface area contributed by atoms with Crippen LogP contribution in [0.3, 0.4) is 0 Å². The number of benzene rings is 1. The molecule has 2 saturated heterocycles. The van der Waals surface area contributed by atoms with Gasteiger partial charge in [-0.2, -0.15) is 0 Å². The van der Waals surface area contributed by atoms with E-state index >= 15 is 0 Å². The number of nitrogens with two attached hydrogens (primary N) is 1. The van der Waals surface area contributed by atoms with E-state index in [2.05, 4.69) is 16.7 Å². The van der Waals surface area contributed by atoms with Gasteiger partial charge in [0.05, 0.1) is 5.92 Å². The zero-order chi connectivity index (χ0) is 14.8. The average molecular weight is 287 g/mol. The number of amides is 1. The standard InChI is InChI=1S/C17H25N3O/c1-13-11-19-9-5-8-15(19)12-20(13)17(21)16(10-18)14-6-3-2-4-7-14/h2-4,6-7,13,15-16H,5,8-12,18H2,1H3. The summed E-state index contributed by atoms with van der Waals surface area (Å²) in [5.41, 5.74) is 6.94. The molecule has 4 nitrogen and oxygen atoms in total. The van der Waals surface area contributed by atoms with E-state index in [1.165, 1.54) is 19.4 Å². The summed E-state index contributed by atoms with van der Waals surface area (Å²) in [6, 6.07) is 10.8. The van der Waals surface area contributed by atoms with Gasteiger partial charge in [0.1, 0.15) is 0 Å². The van der Waals surface area contributed by atoms with Crippen molar-refractivity contribution in [3.05, 3.63) is 35.9 Å². The van der Waals surface area contributed by atoms with Gasteiger partial charge < -0.3 is 10.6 Å². The maximum atomic E-state index is 13.0. The van der Waals surface area contributed by atoms with Crippen LogP contribution in [0.1, 0.15) is 31.2 Å². The van der Waals surface area contributed by atoms with Crippen LogP contribution >= 0.6 is 0 Å². The number of carbonyl (C=O) groups excluding carboxylic acids is 1. The van der Waals surface area contributed by atoms with E-state index in [0.29, 0.717) is 12.6 Å². The second-order valence-corrected chi connectivity index (χ2v) is 6.33. The van der Waals surface area contributed by atoms with Crippen molar-refractivity contribution in [2.45, 2.75) is 37.8 Å². The number of nitrogens with zero attached hydrogens (tertiary/aromatic N) is 2. The van der Waals surface area contributed by atoms with Crippen LogP contribution in [-0.4, -0.2) is 54.0 Å². The molecule has 114 valence electrons. The molecule has 1 aromatic rings. The van der Waals surface area contributed by atoms with Crippen LogP contribution in [0.25, 0.3) is 0 Å². The summed E-state index contributed by atoms with van der Waals surface area (Å²) in [5.74, 6) is -0.00986. The van der Waals surface area contributed by atoms with Crippen molar-refractivity contribution >= 4 is 5.91 Å². The SMILES string of the molecule is CC1CN2CCCC2CN1C(=O)C(CN)c1ccccc1. The first-order valence-electron chi connectivity index (χ1n) is 8.00. The summed E-state index contributed by atoms with van der Waals surface area (Å²) >= 11 is 0. The maximum absolute atomic E-state index is 13.0. The molecule has 2 N–H and O–H groups in total. The van der Waals surface area contributed by atoms with Gasteiger partial charge in [0.15, 0.2) is 0 Å². The van der Waals surface area contributed by atoms with Crippen LogP contribution < -0.4 is 5.73 Å². The quantitative estimate of drug-likeness (QED) is 0.915. The Bertz CT molecular complexity index is 490. The second kappa shape index (κ2) is 6.16. The van der Waals surface area contributed by atoms with Gasteiger partial charge in [0.25, 0.3) is 0 Å². The first-order chi connectivity index (χ1) is 10.2. The number of hydrogen-bond acceptors (Lipinski definition) is 3. The highest BCUT2D eigenvalue weighted by molar-refractivity contribution is 5.84. The van der Waals surface area contributed by atoms with E-state index in [9.17, 15) is 4.79 Å². The van der Waals surface area contributed by atoms with Crippen LogP contribution in [0, 0.1) is 0 Å². The largest absolute Gasteiger partial charge is 0.337 e. The van der Waals surface area contributed by atoms with E-state index in [1.807, 2.05) is 30.3 Å². The molecule has 4 heteroatoms. The molecule has 0 aliphatic carbocycles. The van der Waals surface area contributed by atoms with Gasteiger partial charge in [-0.3, -0.25) is 9.69 Å². The normalized spacial score (nSPS) is 27.4. The smallest absolute Gasteiger partial charge is 0.231 e. The maximum Gasteiger partial charge on any atom is 0.231 e. The lowest BCUT2D eigenvalue weighted by Crippen LogP contribution is -2.58. The van der Waals surface area contributed by atoms with Crippen LogP contribution in [0.4, 0.5) is 0 Å². The van der Waals surface area contributed by atoms with E-state index in [1.54, 1.807) is 0 Å². The molecule has 0 spiro atoms. The van der Waals surface area contributed by atoms with Crippen molar-refractivity contribution in [2.24, 2.45) is 5.73 Å². The van der Waals surface area contributed by atoms with Crippen molar-refractivity contribution in [3.8, 4) is 0 Å². The van der Waals surface area contributed by atoms with Crippen molar-refractivity contribution in [2.75, 3.05) is 26.2 Å². The van der Waals surface area contributed by atoms with Gasteiger partial charge in [-0.15, -0.1) is 0 Å². The Morgan fingerprint density at radius 3 is 2.81 bits per heavy atom. The van der Waals surface area contributed by atoms with Crippen LogP contribution in [0.5, 0.6) is 0 Å². The van der Waals surface area contributed by atoms with E-state index in [-0.39, 0.29) is 17.9 Å². The summed E-state index contributed by atoms with van der Waals surface area (Å²) in [4.78, 5) is 17.6. The highest BCUT2D eigenvalue weighted by Crippen LogP contribution is 2.27. The highest BCUT2D eigenvalue weighted by atomic mass is 16.2. The molecule has 0 bridgehead atoms. The zero-order valence-corrected chi connectivity index (χ0v) is 12.7. The average Bonchev–Trinajstić information content (AvgIpc) is 2.95. The lowest BCUT2D eigenvalue weighted by atomic mass is 9.96. The Hall–Kier alpha value is -1.39. The van der Waals surface area contributed by atoms with Gasteiger partial charge in [-0.1, -0.05) is 30.3 Å². The van der Waals surface area contributed by atoms with Gasteiger partial charge in [0.2, 0.25) is 5.91 Å². The van der Waals surface area contributed by atoms with Crippen LogP contribution in [0.2, 0.25) is 0 Å². The summed E-state index contributed by atoms with van der Waals surface area (Å²) in [6.45, 7) is 5.59. The molecule has 21 heavy (non-hydrogen) atoms. The third kappa shape index (κ3) is 2.83. The molecule has 0 radical (unpaired) electrons. The zero-order valence-electron chi connectivity index (χ0n) is 12.7. The number of piperazine rings is 1. The number of rotatable bonds is 3. The molecule has 2 fully saturated rings. The van der Waals surface area contributed by atoms with Crippen molar-refractivity contribution in [1.29, 1.82) is 0 Å². The Morgan fingerprint density at radius 1 is 1.33 bits per heavy atom. The third-order valence-corrected chi connectivity index (χ3v) is 4.96. The fraction of sp³-hybridized carbons (Fsp3) is 0.588. The second-order valence-electron chi connectivity index (χ2n) is 6.33. The molecule has 3 rings (SSSR count). The summed E-state index contributed by atoms with van der Waals surface area (Å²) in [7, 11) is 0. The van der Waals surface area contributed by atoms with Gasteiger partial charge in [-0.05, 0) is 31.9 Å². The number of carbonyl (C=O) groups is 1. The first-order valence-corrected chi connectivity index (χ1v) is 8.00. The molecular weight excluding hydrogens is 262 g/mol. The lowest BCUT2D eigenvalue weighted by Gasteiger charge is -2.43. The summed E-state index contributed by atoms with van der Waals surface area (Å²) in [5, 5.41) is 0. The Kier molecular flexibility index (Phi) is 4.27. The van der Waals surface area contributed by atoms with E-state index in [0.717, 1.165) is 18.7 Å². The highest BCUT2D eigenvalue weighted by Gasteiger charge is 2.38. The molecule has 0 saturated carbocycles. The molecule has 3 atom stereocenters. The van der Waals surface area contributed by atoms with Crippen molar-refractivity contribution in [1.82, 2.24) is 9.80 Å². The van der Waals surface area contributed by atoms with E-state index < -0.39 is 0 Å². The minimum Gasteiger partial charge on any atom is -0.337 e. The number of fused-ring (bicyclic) bond motifs is 1. The molecule has 0 aromatic heterocycles. The Labute approximate surface area is 126 Å². The molecule has 1 aromatic carbocycles. The van der Waals surface area contributed by atoms with Crippen molar-refractivity contribution < 1.29 is 4.79 Å². The van der Waals surface area contributed by atoms with E-state index in [4.69, 9.17) is 5.73 Å². The molecule has 2 heterocycles. The summed E-state index contributed by atoms with van der Waals surface area (Å²) in [6.07, 6.45) is 2.48. The van der Waals surface area contributed by atoms with Crippen molar-refractivity contribution in [3.63, 3.8) is 0 Å². The Balaban J connectivity index is 1.76. The topological polar surface area (TPSA) is 49.6 Å². The molecular formula is C17H25N3O. The Morgan fingerprint density at radius 2 is 2.10 bits per heavy atom. The van der Waals surface area contributed by atoms with Gasteiger partial charge in [-0.25, -0.2) is 0 Å². The fourth-order valence-electron chi connectivity index (χ4n) is 3.76. The molecule has 2 aliphatic rings. The minimum absolute atomic E-state index is 0.197. The van der Waals surface area contributed by atoms with Gasteiger partial charge in [0, 0.05) is 31.7 Å². The van der Waals surface area contributed by atoms with Crippen LogP contribution in [-0.2, 0) is 4.79 Å².